The van der Waals surface area contributed by atoms with Crippen molar-refractivity contribution in [3.05, 3.63) is 0 Å². The molecule has 0 aromatic rings. The van der Waals surface area contributed by atoms with Crippen molar-refractivity contribution in [3.8, 4) is 0 Å². The second kappa shape index (κ2) is 8.38. The summed E-state index contributed by atoms with van der Waals surface area (Å²) in [6.07, 6.45) is 3.54. The lowest BCUT2D eigenvalue weighted by Gasteiger charge is -2.33. The summed E-state index contributed by atoms with van der Waals surface area (Å²) < 4.78 is 0. The van der Waals surface area contributed by atoms with Gasteiger partial charge >= 0.3 is 6.03 Å². The lowest BCUT2D eigenvalue weighted by atomic mass is 10.1. The molecule has 0 radical (unpaired) electrons. The van der Waals surface area contributed by atoms with Crippen LogP contribution in [0.4, 0.5) is 4.79 Å². The zero-order valence-electron chi connectivity index (χ0n) is 12.6. The van der Waals surface area contributed by atoms with E-state index >= 15 is 0 Å². The molecule has 112 valence electrons. The van der Waals surface area contributed by atoms with E-state index in [1.54, 1.807) is 18.9 Å². The van der Waals surface area contributed by atoms with Crippen LogP contribution in [-0.2, 0) is 0 Å². The average Bonchev–Trinajstić information content (AvgIpc) is 2.38. The molecule has 0 spiro atoms. The molecule has 2 amide bonds. The number of aliphatic hydroxyl groups excluding tert-OH is 1. The van der Waals surface area contributed by atoms with Crippen LogP contribution in [0.5, 0.6) is 0 Å². The molecule has 1 rings (SSSR count). The summed E-state index contributed by atoms with van der Waals surface area (Å²) in [4.78, 5) is 16.1. The molecule has 0 aromatic carbocycles. The predicted molar refractivity (Wildman–Crippen MR) is 77.2 cm³/mol. The molecular weight excluding hydrogens is 242 g/mol. The highest BCUT2D eigenvalue weighted by molar-refractivity contribution is 5.74. The number of amides is 2. The van der Waals surface area contributed by atoms with E-state index < -0.39 is 0 Å². The van der Waals surface area contributed by atoms with Crippen LogP contribution < -0.4 is 5.32 Å². The van der Waals surface area contributed by atoms with E-state index in [0.29, 0.717) is 19.0 Å². The Kier molecular flexibility index (Phi) is 7.16. The van der Waals surface area contributed by atoms with Crippen LogP contribution >= 0.6 is 0 Å². The standard InChI is InChI=1S/C14H29N3O2/c1-4-8-17-10-6-13(7-11-17)15-14(19)16(3)9-5-12(2)18/h12-13,18H,4-11H2,1-3H3,(H,15,19). The summed E-state index contributed by atoms with van der Waals surface area (Å²) >= 11 is 0. The largest absolute Gasteiger partial charge is 0.393 e. The molecule has 1 unspecified atom stereocenters. The molecule has 5 nitrogen and oxygen atoms in total. The Balaban J connectivity index is 2.22. The minimum absolute atomic E-state index is 0.0189. The number of nitrogens with one attached hydrogen (secondary N) is 1. The highest BCUT2D eigenvalue weighted by atomic mass is 16.3. The van der Waals surface area contributed by atoms with Crippen molar-refractivity contribution < 1.29 is 9.90 Å². The van der Waals surface area contributed by atoms with E-state index in [1.807, 2.05) is 0 Å². The SMILES string of the molecule is CCCN1CCC(NC(=O)N(C)CCC(C)O)CC1. The van der Waals surface area contributed by atoms with Crippen molar-refractivity contribution >= 4 is 6.03 Å². The van der Waals surface area contributed by atoms with Crippen molar-refractivity contribution in [1.82, 2.24) is 15.1 Å². The third kappa shape index (κ3) is 6.25. The second-order valence-corrected chi connectivity index (χ2v) is 5.62. The number of likely N-dealkylation sites (tertiary alicyclic amines) is 1. The summed E-state index contributed by atoms with van der Waals surface area (Å²) in [5.74, 6) is 0. The average molecular weight is 271 g/mol. The lowest BCUT2D eigenvalue weighted by molar-refractivity contribution is 0.156. The summed E-state index contributed by atoms with van der Waals surface area (Å²) in [7, 11) is 1.78. The smallest absolute Gasteiger partial charge is 0.317 e. The first kappa shape index (κ1) is 16.2. The van der Waals surface area contributed by atoms with Crippen LogP contribution in [-0.4, -0.2) is 66.3 Å². The van der Waals surface area contributed by atoms with Crippen molar-refractivity contribution in [3.63, 3.8) is 0 Å². The summed E-state index contributed by atoms with van der Waals surface area (Å²) in [5, 5.41) is 12.3. The third-order valence-electron chi connectivity index (χ3n) is 3.68. The molecule has 5 heteroatoms. The van der Waals surface area contributed by atoms with Crippen LogP contribution in [0, 0.1) is 0 Å². The number of piperidine rings is 1. The summed E-state index contributed by atoms with van der Waals surface area (Å²) in [6, 6.07) is 0.282. The fourth-order valence-electron chi connectivity index (χ4n) is 2.38. The Hall–Kier alpha value is -0.810. The topological polar surface area (TPSA) is 55.8 Å². The van der Waals surface area contributed by atoms with Gasteiger partial charge in [0.15, 0.2) is 0 Å². The van der Waals surface area contributed by atoms with Crippen LogP contribution in [0.15, 0.2) is 0 Å². The molecule has 1 fully saturated rings. The van der Waals surface area contributed by atoms with E-state index in [2.05, 4.69) is 17.1 Å². The van der Waals surface area contributed by atoms with Gasteiger partial charge in [0, 0.05) is 32.7 Å². The molecule has 1 aliphatic heterocycles. The highest BCUT2D eigenvalue weighted by Gasteiger charge is 2.21. The number of carbonyl (C=O) groups excluding carboxylic acids is 1. The molecular formula is C14H29N3O2. The fraction of sp³-hybridized carbons (Fsp3) is 0.929. The molecule has 0 saturated carbocycles. The predicted octanol–water partition coefficient (Wildman–Crippen LogP) is 1.27. The first-order chi connectivity index (χ1) is 9.02. The van der Waals surface area contributed by atoms with Gasteiger partial charge in [0.2, 0.25) is 0 Å². The Morgan fingerprint density at radius 1 is 1.47 bits per heavy atom. The molecule has 0 bridgehead atoms. The Morgan fingerprint density at radius 3 is 2.63 bits per heavy atom. The molecule has 2 N–H and O–H groups in total. The maximum atomic E-state index is 12.0. The molecule has 1 atom stereocenters. The molecule has 1 saturated heterocycles. The van der Waals surface area contributed by atoms with Crippen LogP contribution in [0.3, 0.4) is 0 Å². The third-order valence-corrected chi connectivity index (χ3v) is 3.68. The highest BCUT2D eigenvalue weighted by Crippen LogP contribution is 2.11. The Bertz CT molecular complexity index is 263. The minimum Gasteiger partial charge on any atom is -0.393 e. The number of hydrogen-bond acceptors (Lipinski definition) is 3. The normalized spacial score (nSPS) is 19.2. The van der Waals surface area contributed by atoms with Gasteiger partial charge in [0.1, 0.15) is 0 Å². The van der Waals surface area contributed by atoms with Crippen molar-refractivity contribution in [2.24, 2.45) is 0 Å². The van der Waals surface area contributed by atoms with Gasteiger partial charge in [0.05, 0.1) is 6.10 Å². The van der Waals surface area contributed by atoms with Gasteiger partial charge < -0.3 is 20.2 Å². The van der Waals surface area contributed by atoms with Crippen LogP contribution in [0.25, 0.3) is 0 Å². The number of nitrogens with zero attached hydrogens (tertiary/aromatic N) is 2. The van der Waals surface area contributed by atoms with E-state index in [0.717, 1.165) is 32.5 Å². The minimum atomic E-state index is -0.354. The molecule has 1 aliphatic rings. The summed E-state index contributed by atoms with van der Waals surface area (Å²) in [6.45, 7) is 7.86. The quantitative estimate of drug-likeness (QED) is 0.765. The van der Waals surface area contributed by atoms with Gasteiger partial charge in [-0.05, 0) is 39.2 Å². The number of rotatable bonds is 6. The maximum absolute atomic E-state index is 12.0. The number of hydrogen-bond donors (Lipinski definition) is 2. The van der Waals surface area contributed by atoms with E-state index in [-0.39, 0.29) is 12.1 Å². The molecule has 0 aromatic heterocycles. The zero-order chi connectivity index (χ0) is 14.3. The molecule has 1 heterocycles. The monoisotopic (exact) mass is 271 g/mol. The number of urea groups is 1. The van der Waals surface area contributed by atoms with Crippen molar-refractivity contribution in [1.29, 1.82) is 0 Å². The van der Waals surface area contributed by atoms with Crippen molar-refractivity contribution in [2.45, 2.75) is 51.7 Å². The number of aliphatic hydroxyl groups is 1. The van der Waals surface area contributed by atoms with Gasteiger partial charge in [-0.1, -0.05) is 6.92 Å². The van der Waals surface area contributed by atoms with E-state index in [1.165, 1.54) is 6.42 Å². The van der Waals surface area contributed by atoms with Gasteiger partial charge in [-0.25, -0.2) is 4.79 Å². The Morgan fingerprint density at radius 2 is 2.11 bits per heavy atom. The second-order valence-electron chi connectivity index (χ2n) is 5.62. The molecule has 19 heavy (non-hydrogen) atoms. The first-order valence-electron chi connectivity index (χ1n) is 7.45. The van der Waals surface area contributed by atoms with Crippen LogP contribution in [0.2, 0.25) is 0 Å². The Labute approximate surface area is 117 Å². The summed E-state index contributed by atoms with van der Waals surface area (Å²) in [5.41, 5.74) is 0. The fourth-order valence-corrected chi connectivity index (χ4v) is 2.38. The van der Waals surface area contributed by atoms with Gasteiger partial charge in [-0.3, -0.25) is 0 Å². The van der Waals surface area contributed by atoms with Gasteiger partial charge in [0.25, 0.3) is 0 Å². The van der Waals surface area contributed by atoms with Crippen molar-refractivity contribution in [2.75, 3.05) is 33.2 Å². The van der Waals surface area contributed by atoms with Gasteiger partial charge in [-0.15, -0.1) is 0 Å². The molecule has 0 aliphatic carbocycles. The maximum Gasteiger partial charge on any atom is 0.317 e. The first-order valence-corrected chi connectivity index (χ1v) is 7.45. The van der Waals surface area contributed by atoms with Gasteiger partial charge in [-0.2, -0.15) is 0 Å². The van der Waals surface area contributed by atoms with E-state index in [9.17, 15) is 9.90 Å². The number of carbonyl (C=O) groups is 1. The lowest BCUT2D eigenvalue weighted by Crippen LogP contribution is -2.48. The van der Waals surface area contributed by atoms with Crippen LogP contribution in [0.1, 0.15) is 39.5 Å². The zero-order valence-corrected chi connectivity index (χ0v) is 12.6. The van der Waals surface area contributed by atoms with E-state index in [4.69, 9.17) is 0 Å².